The molecule has 0 amide bonds. The van der Waals surface area contributed by atoms with Crippen LogP contribution in [-0.4, -0.2) is 16.5 Å². The largest absolute Gasteiger partial charge is 0.469 e. The van der Waals surface area contributed by atoms with Gasteiger partial charge in [0.1, 0.15) is 17.7 Å². The molecule has 1 aromatic heterocycles. The summed E-state index contributed by atoms with van der Waals surface area (Å²) < 4.78 is 6.07. The van der Waals surface area contributed by atoms with Crippen LogP contribution in [0, 0.1) is 6.92 Å². The number of aromatic nitrogens is 2. The van der Waals surface area contributed by atoms with Crippen LogP contribution >= 0.6 is 0 Å². The third-order valence-electron chi connectivity index (χ3n) is 3.37. The third-order valence-corrected chi connectivity index (χ3v) is 3.37. The number of nitrogens with zero attached hydrogens (tertiary/aromatic N) is 2. The van der Waals surface area contributed by atoms with Crippen molar-refractivity contribution in [2.24, 2.45) is 0 Å². The maximum Gasteiger partial charge on any atom is 0.222 e. The molecule has 1 N–H and O–H groups in total. The minimum Gasteiger partial charge on any atom is -0.469 e. The van der Waals surface area contributed by atoms with Gasteiger partial charge in [-0.3, -0.25) is 0 Å². The quantitative estimate of drug-likeness (QED) is 0.874. The van der Waals surface area contributed by atoms with Gasteiger partial charge in [0.25, 0.3) is 0 Å². The summed E-state index contributed by atoms with van der Waals surface area (Å²) >= 11 is 0. The lowest BCUT2D eigenvalue weighted by molar-refractivity contribution is 0.215. The molecule has 0 aliphatic rings. The number of benzene rings is 1. The van der Waals surface area contributed by atoms with Gasteiger partial charge in [-0.1, -0.05) is 37.3 Å². The van der Waals surface area contributed by atoms with Crippen LogP contribution in [0.3, 0.4) is 0 Å². The van der Waals surface area contributed by atoms with Gasteiger partial charge in [-0.05, 0) is 26.3 Å². The summed E-state index contributed by atoms with van der Waals surface area (Å²) in [5, 5.41) is 3.27. The second-order valence-electron chi connectivity index (χ2n) is 4.97. The van der Waals surface area contributed by atoms with Gasteiger partial charge in [0.15, 0.2) is 0 Å². The number of hydrogen-bond donors (Lipinski definition) is 1. The molecule has 0 saturated heterocycles. The Kier molecular flexibility index (Phi) is 5.14. The number of anilines is 1. The van der Waals surface area contributed by atoms with E-state index < -0.39 is 0 Å². The Hall–Kier alpha value is -2.10. The van der Waals surface area contributed by atoms with Crippen molar-refractivity contribution in [1.82, 2.24) is 9.97 Å². The first kappa shape index (κ1) is 15.3. The van der Waals surface area contributed by atoms with E-state index in [1.165, 1.54) is 0 Å². The number of aryl methyl sites for hydroxylation is 1. The van der Waals surface area contributed by atoms with Crippen molar-refractivity contribution in [2.45, 2.75) is 40.2 Å². The van der Waals surface area contributed by atoms with E-state index in [9.17, 15) is 0 Å². The summed E-state index contributed by atoms with van der Waals surface area (Å²) in [5.74, 6) is 2.32. The van der Waals surface area contributed by atoms with E-state index in [0.717, 1.165) is 35.7 Å². The van der Waals surface area contributed by atoms with E-state index in [0.29, 0.717) is 5.88 Å². The Morgan fingerprint density at radius 3 is 2.48 bits per heavy atom. The molecule has 0 fully saturated rings. The lowest BCUT2D eigenvalue weighted by atomic mass is 10.1. The van der Waals surface area contributed by atoms with Crippen molar-refractivity contribution < 1.29 is 4.74 Å². The Morgan fingerprint density at radius 2 is 1.86 bits per heavy atom. The van der Waals surface area contributed by atoms with Crippen molar-refractivity contribution in [3.8, 4) is 5.88 Å². The highest BCUT2D eigenvalue weighted by molar-refractivity contribution is 5.48. The van der Waals surface area contributed by atoms with Gasteiger partial charge >= 0.3 is 0 Å². The molecule has 0 aliphatic heterocycles. The molecule has 4 nitrogen and oxygen atoms in total. The third kappa shape index (κ3) is 3.72. The topological polar surface area (TPSA) is 47.0 Å². The average Bonchev–Trinajstić information content (AvgIpc) is 2.52. The van der Waals surface area contributed by atoms with Gasteiger partial charge in [-0.2, -0.15) is 4.98 Å². The summed E-state index contributed by atoms with van der Waals surface area (Å²) in [4.78, 5) is 9.04. The standard InChI is InChI=1S/C17H23N3O/c1-5-15-19-16(18-6-2)12(3)17(20-15)21-13(4)14-10-8-7-9-11-14/h7-11,13H,5-6H2,1-4H3,(H,18,19,20). The first-order valence-corrected chi connectivity index (χ1v) is 7.48. The van der Waals surface area contributed by atoms with E-state index in [2.05, 4.69) is 34.3 Å². The molecule has 4 heteroatoms. The zero-order chi connectivity index (χ0) is 15.2. The van der Waals surface area contributed by atoms with Gasteiger partial charge < -0.3 is 10.1 Å². The molecule has 0 saturated carbocycles. The highest BCUT2D eigenvalue weighted by Gasteiger charge is 2.14. The van der Waals surface area contributed by atoms with Crippen LogP contribution in [-0.2, 0) is 6.42 Å². The van der Waals surface area contributed by atoms with Crippen molar-refractivity contribution in [3.63, 3.8) is 0 Å². The SMILES string of the molecule is CCNc1nc(CC)nc(OC(C)c2ccccc2)c1C. The average molecular weight is 285 g/mol. The lowest BCUT2D eigenvalue weighted by Gasteiger charge is -2.18. The molecule has 0 spiro atoms. The van der Waals surface area contributed by atoms with E-state index in [4.69, 9.17) is 4.74 Å². The number of nitrogens with one attached hydrogen (secondary N) is 1. The van der Waals surface area contributed by atoms with Crippen LogP contribution in [0.5, 0.6) is 5.88 Å². The van der Waals surface area contributed by atoms with E-state index in [1.807, 2.05) is 39.0 Å². The molecule has 1 atom stereocenters. The summed E-state index contributed by atoms with van der Waals surface area (Å²) in [6, 6.07) is 10.2. The summed E-state index contributed by atoms with van der Waals surface area (Å²) in [7, 11) is 0. The van der Waals surface area contributed by atoms with Gasteiger partial charge in [0.2, 0.25) is 5.88 Å². The van der Waals surface area contributed by atoms with Gasteiger partial charge in [0.05, 0.1) is 5.56 Å². The highest BCUT2D eigenvalue weighted by Crippen LogP contribution is 2.27. The van der Waals surface area contributed by atoms with E-state index in [1.54, 1.807) is 0 Å². The fraction of sp³-hybridized carbons (Fsp3) is 0.412. The fourth-order valence-corrected chi connectivity index (χ4v) is 2.11. The molecule has 0 aliphatic carbocycles. The van der Waals surface area contributed by atoms with E-state index in [-0.39, 0.29) is 6.10 Å². The van der Waals surface area contributed by atoms with E-state index >= 15 is 0 Å². The molecule has 2 rings (SSSR count). The van der Waals surface area contributed by atoms with Crippen molar-refractivity contribution >= 4 is 5.82 Å². The summed E-state index contributed by atoms with van der Waals surface area (Å²) in [5.41, 5.74) is 2.09. The fourth-order valence-electron chi connectivity index (χ4n) is 2.11. The summed E-state index contributed by atoms with van der Waals surface area (Å²) in [6.45, 7) is 8.96. The number of ether oxygens (including phenoxy) is 1. The Labute approximate surface area is 126 Å². The van der Waals surface area contributed by atoms with Crippen LogP contribution in [0.2, 0.25) is 0 Å². The van der Waals surface area contributed by atoms with Crippen LogP contribution in [0.25, 0.3) is 0 Å². The van der Waals surface area contributed by atoms with Crippen LogP contribution in [0.1, 0.15) is 43.8 Å². The Bertz CT molecular complexity index is 584. The van der Waals surface area contributed by atoms with Gasteiger partial charge in [-0.25, -0.2) is 4.98 Å². The smallest absolute Gasteiger partial charge is 0.222 e. The zero-order valence-electron chi connectivity index (χ0n) is 13.2. The zero-order valence-corrected chi connectivity index (χ0v) is 13.2. The van der Waals surface area contributed by atoms with Gasteiger partial charge in [0, 0.05) is 13.0 Å². The normalized spacial score (nSPS) is 12.0. The predicted molar refractivity (Wildman–Crippen MR) is 85.8 cm³/mol. The van der Waals surface area contributed by atoms with Crippen molar-refractivity contribution in [3.05, 3.63) is 47.3 Å². The Balaban J connectivity index is 2.28. The van der Waals surface area contributed by atoms with Crippen molar-refractivity contribution in [2.75, 3.05) is 11.9 Å². The first-order valence-electron chi connectivity index (χ1n) is 7.48. The lowest BCUT2D eigenvalue weighted by Crippen LogP contribution is -2.11. The molecule has 0 bridgehead atoms. The predicted octanol–water partition coefficient (Wildman–Crippen LogP) is 3.92. The molecule has 1 aromatic carbocycles. The molecular weight excluding hydrogens is 262 g/mol. The molecule has 2 aromatic rings. The molecule has 1 heterocycles. The molecule has 0 radical (unpaired) electrons. The molecule has 21 heavy (non-hydrogen) atoms. The minimum absolute atomic E-state index is 0.0426. The van der Waals surface area contributed by atoms with Gasteiger partial charge in [-0.15, -0.1) is 0 Å². The van der Waals surface area contributed by atoms with Crippen LogP contribution < -0.4 is 10.1 Å². The monoisotopic (exact) mass is 285 g/mol. The maximum absolute atomic E-state index is 6.07. The summed E-state index contributed by atoms with van der Waals surface area (Å²) in [6.07, 6.45) is 0.744. The highest BCUT2D eigenvalue weighted by atomic mass is 16.5. The van der Waals surface area contributed by atoms with Crippen molar-refractivity contribution in [1.29, 1.82) is 0 Å². The van der Waals surface area contributed by atoms with Crippen LogP contribution in [0.4, 0.5) is 5.82 Å². The molecule has 1 unspecified atom stereocenters. The van der Waals surface area contributed by atoms with Crippen LogP contribution in [0.15, 0.2) is 30.3 Å². The first-order chi connectivity index (χ1) is 10.2. The second-order valence-corrected chi connectivity index (χ2v) is 4.97. The second kappa shape index (κ2) is 7.07. The molecule has 112 valence electrons. The number of rotatable bonds is 6. The molecular formula is C17H23N3O. The Morgan fingerprint density at radius 1 is 1.14 bits per heavy atom. The maximum atomic E-state index is 6.07. The minimum atomic E-state index is -0.0426. The number of hydrogen-bond acceptors (Lipinski definition) is 4.